The van der Waals surface area contributed by atoms with Gasteiger partial charge in [-0.15, -0.1) is 11.6 Å². The lowest BCUT2D eigenvalue weighted by Gasteiger charge is -2.16. The lowest BCUT2D eigenvalue weighted by Crippen LogP contribution is -2.13. The van der Waals surface area contributed by atoms with Crippen molar-refractivity contribution >= 4 is 23.4 Å². The topological polar surface area (TPSA) is 44.2 Å². The highest BCUT2D eigenvalue weighted by Crippen LogP contribution is 2.29. The molecule has 96 valence electrons. The van der Waals surface area contributed by atoms with Crippen LogP contribution in [0.5, 0.6) is 11.8 Å². The van der Waals surface area contributed by atoms with Crippen LogP contribution in [0.2, 0.25) is 0 Å². The van der Waals surface area contributed by atoms with E-state index < -0.39 is 0 Å². The molecule has 1 aromatic rings. The highest BCUT2D eigenvalue weighted by Gasteiger charge is 2.16. The maximum Gasteiger partial charge on any atom is 0.220 e. The number of aromatic nitrogens is 2. The standard InChI is InChI=1S/C11H17ClN2O2S/c1-7(2)8(6-12)17-11-13-9(15-3)5-10(14-11)16-4/h5,7-8H,6H2,1-4H3. The summed E-state index contributed by atoms with van der Waals surface area (Å²) in [6.45, 7) is 4.24. The average molecular weight is 277 g/mol. The van der Waals surface area contributed by atoms with Crippen molar-refractivity contribution in [1.29, 1.82) is 0 Å². The minimum atomic E-state index is 0.272. The van der Waals surface area contributed by atoms with Gasteiger partial charge in [0.05, 0.1) is 20.3 Å². The number of thioether (sulfide) groups is 1. The third kappa shape index (κ3) is 4.24. The van der Waals surface area contributed by atoms with E-state index in [-0.39, 0.29) is 5.25 Å². The van der Waals surface area contributed by atoms with E-state index >= 15 is 0 Å². The molecule has 6 heteroatoms. The van der Waals surface area contributed by atoms with Crippen molar-refractivity contribution in [2.45, 2.75) is 24.3 Å². The van der Waals surface area contributed by atoms with Crippen LogP contribution < -0.4 is 9.47 Å². The van der Waals surface area contributed by atoms with Crippen LogP contribution in [-0.2, 0) is 0 Å². The monoisotopic (exact) mass is 276 g/mol. The Morgan fingerprint density at radius 2 is 1.76 bits per heavy atom. The first-order valence-corrected chi connectivity index (χ1v) is 6.71. The van der Waals surface area contributed by atoms with Crippen LogP contribution in [0.25, 0.3) is 0 Å². The summed E-state index contributed by atoms with van der Waals surface area (Å²) < 4.78 is 10.2. The molecule has 0 saturated heterocycles. The van der Waals surface area contributed by atoms with Crippen LogP contribution in [0.1, 0.15) is 13.8 Å². The maximum atomic E-state index is 5.92. The molecule has 4 nitrogen and oxygen atoms in total. The van der Waals surface area contributed by atoms with Crippen LogP contribution >= 0.6 is 23.4 Å². The fraction of sp³-hybridized carbons (Fsp3) is 0.636. The Hall–Kier alpha value is -0.680. The van der Waals surface area contributed by atoms with E-state index in [9.17, 15) is 0 Å². The van der Waals surface area contributed by atoms with E-state index in [1.165, 1.54) is 0 Å². The molecule has 0 radical (unpaired) electrons. The van der Waals surface area contributed by atoms with Gasteiger partial charge in [0.25, 0.3) is 0 Å². The molecule has 0 saturated carbocycles. The molecule has 0 amide bonds. The second-order valence-corrected chi connectivity index (χ2v) is 5.30. The Morgan fingerprint density at radius 1 is 1.24 bits per heavy atom. The lowest BCUT2D eigenvalue weighted by atomic mass is 10.1. The highest BCUT2D eigenvalue weighted by atomic mass is 35.5. The molecule has 0 spiro atoms. The summed E-state index contributed by atoms with van der Waals surface area (Å²) in [6.07, 6.45) is 0. The maximum absolute atomic E-state index is 5.92. The van der Waals surface area contributed by atoms with Gasteiger partial charge in [0.1, 0.15) is 0 Å². The van der Waals surface area contributed by atoms with Crippen LogP contribution in [0.15, 0.2) is 11.2 Å². The summed E-state index contributed by atoms with van der Waals surface area (Å²) in [6, 6.07) is 1.65. The van der Waals surface area contributed by atoms with Gasteiger partial charge in [0.15, 0.2) is 5.16 Å². The Bertz CT molecular complexity index is 341. The third-order valence-corrected chi connectivity index (χ3v) is 4.15. The lowest BCUT2D eigenvalue weighted by molar-refractivity contribution is 0.364. The number of methoxy groups -OCH3 is 2. The van der Waals surface area contributed by atoms with Gasteiger partial charge in [-0.25, -0.2) is 0 Å². The molecule has 0 aliphatic heterocycles. The zero-order valence-corrected chi connectivity index (χ0v) is 12.0. The number of hydrogen-bond acceptors (Lipinski definition) is 5. The molecule has 1 unspecified atom stereocenters. The van der Waals surface area contributed by atoms with Crippen molar-refractivity contribution < 1.29 is 9.47 Å². The Kier molecular flexibility index (Phi) is 5.85. The summed E-state index contributed by atoms with van der Waals surface area (Å²) in [5.41, 5.74) is 0. The molecule has 17 heavy (non-hydrogen) atoms. The zero-order chi connectivity index (χ0) is 12.8. The summed E-state index contributed by atoms with van der Waals surface area (Å²) in [5.74, 6) is 2.01. The number of halogens is 1. The zero-order valence-electron chi connectivity index (χ0n) is 10.4. The molecule has 1 rings (SSSR count). The van der Waals surface area contributed by atoms with Gasteiger partial charge in [-0.2, -0.15) is 9.97 Å². The van der Waals surface area contributed by atoms with Gasteiger partial charge in [-0.1, -0.05) is 25.6 Å². The normalized spacial score (nSPS) is 12.6. The first-order valence-electron chi connectivity index (χ1n) is 5.30. The summed E-state index contributed by atoms with van der Waals surface area (Å²) in [5, 5.41) is 0.897. The molecule has 0 bridgehead atoms. The average Bonchev–Trinajstić information content (AvgIpc) is 2.34. The van der Waals surface area contributed by atoms with Gasteiger partial charge in [-0.3, -0.25) is 0 Å². The molecule has 1 aromatic heterocycles. The molecular weight excluding hydrogens is 260 g/mol. The Labute approximate surface area is 111 Å². The first-order chi connectivity index (χ1) is 8.10. The van der Waals surface area contributed by atoms with Gasteiger partial charge < -0.3 is 9.47 Å². The van der Waals surface area contributed by atoms with Crippen molar-refractivity contribution in [1.82, 2.24) is 9.97 Å². The van der Waals surface area contributed by atoms with Crippen LogP contribution in [0.3, 0.4) is 0 Å². The van der Waals surface area contributed by atoms with Crippen LogP contribution in [-0.4, -0.2) is 35.3 Å². The van der Waals surface area contributed by atoms with Gasteiger partial charge in [0.2, 0.25) is 11.8 Å². The van der Waals surface area contributed by atoms with Crippen molar-refractivity contribution in [3.05, 3.63) is 6.07 Å². The molecule has 0 aromatic carbocycles. The predicted octanol–water partition coefficient (Wildman–Crippen LogP) is 2.85. The Balaban J connectivity index is 2.89. The SMILES string of the molecule is COc1cc(OC)nc(SC(CCl)C(C)C)n1. The highest BCUT2D eigenvalue weighted by molar-refractivity contribution is 7.99. The molecular formula is C11H17ClN2O2S. The van der Waals surface area contributed by atoms with E-state index in [1.807, 2.05) is 0 Å². The van der Waals surface area contributed by atoms with E-state index in [0.29, 0.717) is 28.7 Å². The Morgan fingerprint density at radius 3 is 2.12 bits per heavy atom. The van der Waals surface area contributed by atoms with Crippen molar-refractivity contribution in [3.8, 4) is 11.8 Å². The molecule has 1 heterocycles. The van der Waals surface area contributed by atoms with Gasteiger partial charge in [-0.05, 0) is 5.92 Å². The first kappa shape index (κ1) is 14.4. The van der Waals surface area contributed by atoms with Crippen LogP contribution in [0, 0.1) is 5.92 Å². The second kappa shape index (κ2) is 6.91. The quantitative estimate of drug-likeness (QED) is 0.454. The molecule has 0 N–H and O–H groups in total. The minimum absolute atomic E-state index is 0.272. The summed E-state index contributed by atoms with van der Waals surface area (Å²) in [7, 11) is 3.13. The van der Waals surface area contributed by atoms with E-state index in [4.69, 9.17) is 21.1 Å². The van der Waals surface area contributed by atoms with Crippen molar-refractivity contribution in [2.75, 3.05) is 20.1 Å². The van der Waals surface area contributed by atoms with E-state index in [2.05, 4.69) is 23.8 Å². The molecule has 0 aliphatic rings. The fourth-order valence-electron chi connectivity index (χ4n) is 1.13. The summed E-state index contributed by atoms with van der Waals surface area (Å²) in [4.78, 5) is 8.52. The van der Waals surface area contributed by atoms with Crippen molar-refractivity contribution in [3.63, 3.8) is 0 Å². The molecule has 0 fully saturated rings. The summed E-state index contributed by atoms with van der Waals surface area (Å²) >= 11 is 7.46. The van der Waals surface area contributed by atoms with Gasteiger partial charge >= 0.3 is 0 Å². The fourth-order valence-corrected chi connectivity index (χ4v) is 2.56. The minimum Gasteiger partial charge on any atom is -0.481 e. The van der Waals surface area contributed by atoms with E-state index in [1.54, 1.807) is 32.0 Å². The predicted molar refractivity (Wildman–Crippen MR) is 70.3 cm³/mol. The van der Waals surface area contributed by atoms with Crippen LogP contribution in [0.4, 0.5) is 0 Å². The number of hydrogen-bond donors (Lipinski definition) is 0. The number of ether oxygens (including phenoxy) is 2. The van der Waals surface area contributed by atoms with Crippen molar-refractivity contribution in [2.24, 2.45) is 5.92 Å². The van der Waals surface area contributed by atoms with E-state index in [0.717, 1.165) is 0 Å². The largest absolute Gasteiger partial charge is 0.481 e. The van der Waals surface area contributed by atoms with Gasteiger partial charge in [0, 0.05) is 11.1 Å². The third-order valence-electron chi connectivity index (χ3n) is 2.23. The number of nitrogens with zero attached hydrogens (tertiary/aromatic N) is 2. The molecule has 1 atom stereocenters. The number of alkyl halides is 1. The molecule has 0 aliphatic carbocycles. The smallest absolute Gasteiger partial charge is 0.220 e. The number of rotatable bonds is 6. The second-order valence-electron chi connectivity index (χ2n) is 3.79.